The monoisotopic (exact) mass is 267 g/mol. The minimum atomic E-state index is -0.427. The fraction of sp³-hybridized carbons (Fsp3) is 0.600. The van der Waals surface area contributed by atoms with Crippen molar-refractivity contribution in [3.05, 3.63) is 29.8 Å². The second-order valence-corrected chi connectivity index (χ2v) is 4.54. The summed E-state index contributed by atoms with van der Waals surface area (Å²) in [5, 5.41) is 0. The third-order valence-electron chi connectivity index (χ3n) is 2.57. The van der Waals surface area contributed by atoms with Crippen LogP contribution in [0.25, 0.3) is 0 Å². The Morgan fingerprint density at radius 3 is 2.26 bits per heavy atom. The van der Waals surface area contributed by atoms with Gasteiger partial charge in [-0.1, -0.05) is 12.1 Å². The van der Waals surface area contributed by atoms with E-state index in [-0.39, 0.29) is 12.1 Å². The van der Waals surface area contributed by atoms with E-state index in [1.54, 1.807) is 0 Å². The molecular formula is C15H25NO3. The first-order valence-corrected chi connectivity index (χ1v) is 6.83. The van der Waals surface area contributed by atoms with E-state index in [0.29, 0.717) is 13.2 Å². The summed E-state index contributed by atoms with van der Waals surface area (Å²) in [7, 11) is 0. The zero-order valence-corrected chi connectivity index (χ0v) is 12.3. The van der Waals surface area contributed by atoms with Gasteiger partial charge in [-0.05, 0) is 45.4 Å². The van der Waals surface area contributed by atoms with Crippen LogP contribution in [0.4, 0.5) is 0 Å². The number of rotatable bonds is 8. The molecule has 0 saturated carbocycles. The molecule has 0 radical (unpaired) electrons. The van der Waals surface area contributed by atoms with Crippen LogP contribution in [-0.4, -0.2) is 25.6 Å². The van der Waals surface area contributed by atoms with E-state index in [0.717, 1.165) is 11.3 Å². The molecule has 1 unspecified atom stereocenters. The Hall–Kier alpha value is -1.10. The largest absolute Gasteiger partial charge is 0.491 e. The fourth-order valence-corrected chi connectivity index (χ4v) is 1.81. The lowest BCUT2D eigenvalue weighted by Crippen LogP contribution is -2.31. The summed E-state index contributed by atoms with van der Waals surface area (Å²) in [6, 6.07) is 7.43. The average Bonchev–Trinajstić information content (AvgIpc) is 2.37. The highest BCUT2D eigenvalue weighted by atomic mass is 16.7. The van der Waals surface area contributed by atoms with Crippen molar-refractivity contribution in [1.82, 2.24) is 0 Å². The van der Waals surface area contributed by atoms with Crippen molar-refractivity contribution in [3.8, 4) is 5.75 Å². The summed E-state index contributed by atoms with van der Waals surface area (Å²) < 4.78 is 16.7. The molecule has 0 amide bonds. The van der Waals surface area contributed by atoms with Gasteiger partial charge in [0.1, 0.15) is 5.75 Å². The first-order chi connectivity index (χ1) is 9.08. The van der Waals surface area contributed by atoms with E-state index in [4.69, 9.17) is 19.9 Å². The summed E-state index contributed by atoms with van der Waals surface area (Å²) in [5.74, 6) is 0.815. The normalized spacial score (nSPS) is 13.0. The van der Waals surface area contributed by atoms with Crippen molar-refractivity contribution in [2.24, 2.45) is 5.73 Å². The van der Waals surface area contributed by atoms with Gasteiger partial charge in [-0.3, -0.25) is 0 Å². The highest BCUT2D eigenvalue weighted by Crippen LogP contribution is 2.23. The third-order valence-corrected chi connectivity index (χ3v) is 2.57. The number of ether oxygens (including phenoxy) is 3. The molecule has 0 aliphatic carbocycles. The van der Waals surface area contributed by atoms with Crippen LogP contribution in [0.2, 0.25) is 0 Å². The van der Waals surface area contributed by atoms with Crippen molar-refractivity contribution in [2.75, 3.05) is 13.2 Å². The predicted molar refractivity (Wildman–Crippen MR) is 76.2 cm³/mol. The molecule has 0 heterocycles. The van der Waals surface area contributed by atoms with Crippen molar-refractivity contribution in [3.63, 3.8) is 0 Å². The molecular weight excluding hydrogens is 242 g/mol. The first-order valence-electron chi connectivity index (χ1n) is 6.83. The molecule has 4 nitrogen and oxygen atoms in total. The van der Waals surface area contributed by atoms with Gasteiger partial charge in [-0.15, -0.1) is 0 Å². The third kappa shape index (κ3) is 5.19. The maximum Gasteiger partial charge on any atom is 0.176 e. The van der Waals surface area contributed by atoms with Gasteiger partial charge in [0.2, 0.25) is 0 Å². The van der Waals surface area contributed by atoms with Crippen LogP contribution < -0.4 is 10.5 Å². The van der Waals surface area contributed by atoms with Gasteiger partial charge >= 0.3 is 0 Å². The Morgan fingerprint density at radius 1 is 1.11 bits per heavy atom. The lowest BCUT2D eigenvalue weighted by atomic mass is 10.1. The molecule has 0 aromatic heterocycles. The highest BCUT2D eigenvalue weighted by Gasteiger charge is 2.20. The molecule has 0 fully saturated rings. The Kier molecular flexibility index (Phi) is 6.84. The second kappa shape index (κ2) is 8.15. The Morgan fingerprint density at radius 2 is 1.74 bits per heavy atom. The van der Waals surface area contributed by atoms with Crippen molar-refractivity contribution in [1.29, 1.82) is 0 Å². The summed E-state index contributed by atoms with van der Waals surface area (Å²) >= 11 is 0. The predicted octanol–water partition coefficient (Wildman–Crippen LogP) is 2.87. The maximum atomic E-state index is 6.21. The first kappa shape index (κ1) is 16.0. The van der Waals surface area contributed by atoms with Gasteiger partial charge in [0.25, 0.3) is 0 Å². The van der Waals surface area contributed by atoms with Gasteiger partial charge in [-0.2, -0.15) is 0 Å². The lowest BCUT2D eigenvalue weighted by molar-refractivity contribution is -0.149. The molecule has 0 aliphatic heterocycles. The standard InChI is InChI=1S/C15H25NO3/c1-5-17-15(18-6-2)14(16)12-8-7-9-13(10-12)19-11(3)4/h7-11,14-15H,5-6,16H2,1-4H3. The Balaban J connectivity index is 2.81. The SMILES string of the molecule is CCOC(OCC)C(N)c1cccc(OC(C)C)c1. The van der Waals surface area contributed by atoms with Crippen molar-refractivity contribution < 1.29 is 14.2 Å². The topological polar surface area (TPSA) is 53.7 Å². The molecule has 1 aromatic rings. The summed E-state index contributed by atoms with van der Waals surface area (Å²) in [5.41, 5.74) is 7.15. The highest BCUT2D eigenvalue weighted by molar-refractivity contribution is 5.30. The number of hydrogen-bond donors (Lipinski definition) is 1. The van der Waals surface area contributed by atoms with E-state index < -0.39 is 6.29 Å². The van der Waals surface area contributed by atoms with Crippen molar-refractivity contribution in [2.45, 2.75) is 46.1 Å². The van der Waals surface area contributed by atoms with E-state index in [1.807, 2.05) is 52.0 Å². The van der Waals surface area contributed by atoms with Gasteiger partial charge in [0, 0.05) is 13.2 Å². The Bertz CT molecular complexity index is 362. The minimum absolute atomic E-state index is 0.140. The molecule has 108 valence electrons. The zero-order valence-electron chi connectivity index (χ0n) is 12.3. The minimum Gasteiger partial charge on any atom is -0.491 e. The number of hydrogen-bond acceptors (Lipinski definition) is 4. The van der Waals surface area contributed by atoms with Crippen molar-refractivity contribution >= 4 is 0 Å². The average molecular weight is 267 g/mol. The van der Waals surface area contributed by atoms with E-state index in [2.05, 4.69) is 0 Å². The molecule has 4 heteroatoms. The summed E-state index contributed by atoms with van der Waals surface area (Å²) in [6.07, 6.45) is -0.287. The van der Waals surface area contributed by atoms with Gasteiger partial charge in [0.15, 0.2) is 6.29 Å². The van der Waals surface area contributed by atoms with Crippen LogP contribution in [0.1, 0.15) is 39.3 Å². The van der Waals surface area contributed by atoms with Gasteiger partial charge < -0.3 is 19.9 Å². The van der Waals surface area contributed by atoms with Crippen LogP contribution >= 0.6 is 0 Å². The van der Waals surface area contributed by atoms with Crippen LogP contribution in [0.5, 0.6) is 5.75 Å². The van der Waals surface area contributed by atoms with E-state index in [1.165, 1.54) is 0 Å². The van der Waals surface area contributed by atoms with E-state index in [9.17, 15) is 0 Å². The summed E-state index contributed by atoms with van der Waals surface area (Å²) in [4.78, 5) is 0. The van der Waals surface area contributed by atoms with Gasteiger partial charge in [-0.25, -0.2) is 0 Å². The smallest absolute Gasteiger partial charge is 0.176 e. The number of nitrogens with two attached hydrogens (primary N) is 1. The quantitative estimate of drug-likeness (QED) is 0.736. The zero-order chi connectivity index (χ0) is 14.3. The molecule has 0 bridgehead atoms. The van der Waals surface area contributed by atoms with Crippen LogP contribution in [0.15, 0.2) is 24.3 Å². The van der Waals surface area contributed by atoms with Crippen LogP contribution in [0, 0.1) is 0 Å². The molecule has 0 saturated heterocycles. The molecule has 2 N–H and O–H groups in total. The van der Waals surface area contributed by atoms with Crippen LogP contribution in [0.3, 0.4) is 0 Å². The maximum absolute atomic E-state index is 6.21. The molecule has 1 atom stereocenters. The fourth-order valence-electron chi connectivity index (χ4n) is 1.81. The Labute approximate surface area is 115 Å². The summed E-state index contributed by atoms with van der Waals surface area (Å²) in [6.45, 7) is 8.99. The van der Waals surface area contributed by atoms with E-state index >= 15 is 0 Å². The van der Waals surface area contributed by atoms with Gasteiger partial charge in [0.05, 0.1) is 12.1 Å². The molecule has 1 rings (SSSR count). The molecule has 1 aromatic carbocycles. The molecule has 0 spiro atoms. The second-order valence-electron chi connectivity index (χ2n) is 4.54. The number of benzene rings is 1. The molecule has 19 heavy (non-hydrogen) atoms. The lowest BCUT2D eigenvalue weighted by Gasteiger charge is -2.24. The van der Waals surface area contributed by atoms with Crippen LogP contribution in [-0.2, 0) is 9.47 Å². The molecule has 0 aliphatic rings.